The van der Waals surface area contributed by atoms with Crippen LogP contribution in [0.1, 0.15) is 58.8 Å². The predicted molar refractivity (Wildman–Crippen MR) is 67.0 cm³/mol. The van der Waals surface area contributed by atoms with Crippen LogP contribution in [0, 0.1) is 0 Å². The molecule has 0 bridgehead atoms. The van der Waals surface area contributed by atoms with Gasteiger partial charge in [-0.25, -0.2) is 0 Å². The fourth-order valence-electron chi connectivity index (χ4n) is 1.43. The smallest absolute Gasteiger partial charge is 0.0630 e. The molecule has 0 aromatic rings. The first-order chi connectivity index (χ1) is 6.81. The molecule has 0 saturated heterocycles. The van der Waals surface area contributed by atoms with Crippen molar-refractivity contribution in [2.45, 2.75) is 64.9 Å². The molecule has 0 amide bonds. The molecule has 0 aliphatic heterocycles. The average molecular weight is 218 g/mol. The standard InChI is InChI=1S/C12H26OS/c1-3-5-6-7-8-9-12(13)11-14-10-4-2/h12-13H,3-11H2,1-2H3. The van der Waals surface area contributed by atoms with Crippen molar-refractivity contribution in [3.8, 4) is 0 Å². The van der Waals surface area contributed by atoms with Gasteiger partial charge in [-0.05, 0) is 18.6 Å². The summed E-state index contributed by atoms with van der Waals surface area (Å²) in [5.74, 6) is 2.12. The Bertz CT molecular complexity index is 106. The van der Waals surface area contributed by atoms with E-state index in [9.17, 15) is 5.11 Å². The number of aliphatic hydroxyl groups is 1. The van der Waals surface area contributed by atoms with Gasteiger partial charge in [-0.1, -0.05) is 46.0 Å². The van der Waals surface area contributed by atoms with Crippen LogP contribution in [0.4, 0.5) is 0 Å². The Morgan fingerprint density at radius 3 is 2.36 bits per heavy atom. The van der Waals surface area contributed by atoms with E-state index in [4.69, 9.17) is 0 Å². The highest BCUT2D eigenvalue weighted by atomic mass is 32.2. The minimum Gasteiger partial charge on any atom is -0.392 e. The van der Waals surface area contributed by atoms with Crippen molar-refractivity contribution in [3.05, 3.63) is 0 Å². The molecule has 0 fully saturated rings. The van der Waals surface area contributed by atoms with Crippen molar-refractivity contribution in [3.63, 3.8) is 0 Å². The summed E-state index contributed by atoms with van der Waals surface area (Å²) in [6, 6.07) is 0. The lowest BCUT2D eigenvalue weighted by Gasteiger charge is -2.09. The Labute approximate surface area is 93.7 Å². The topological polar surface area (TPSA) is 20.2 Å². The lowest BCUT2D eigenvalue weighted by molar-refractivity contribution is 0.185. The van der Waals surface area contributed by atoms with Gasteiger partial charge in [0.05, 0.1) is 6.10 Å². The predicted octanol–water partition coefficient (Wildman–Crippen LogP) is 3.85. The molecule has 1 atom stereocenters. The number of thioether (sulfide) groups is 1. The van der Waals surface area contributed by atoms with Crippen LogP contribution < -0.4 is 0 Å². The van der Waals surface area contributed by atoms with Crippen molar-refractivity contribution >= 4 is 11.8 Å². The SMILES string of the molecule is CCCCCCCC(O)CSCCC. The molecule has 0 spiro atoms. The zero-order chi connectivity index (χ0) is 10.6. The Morgan fingerprint density at radius 1 is 1.00 bits per heavy atom. The monoisotopic (exact) mass is 218 g/mol. The fourth-order valence-corrected chi connectivity index (χ4v) is 2.32. The summed E-state index contributed by atoms with van der Waals surface area (Å²) in [5, 5.41) is 9.61. The zero-order valence-corrected chi connectivity index (χ0v) is 10.6. The highest BCUT2D eigenvalue weighted by Crippen LogP contribution is 2.11. The fraction of sp³-hybridized carbons (Fsp3) is 1.00. The lowest BCUT2D eigenvalue weighted by atomic mass is 10.1. The molecule has 1 N–H and O–H groups in total. The molecule has 1 unspecified atom stereocenters. The largest absolute Gasteiger partial charge is 0.392 e. The van der Waals surface area contributed by atoms with E-state index in [-0.39, 0.29) is 6.10 Å². The van der Waals surface area contributed by atoms with Crippen molar-refractivity contribution in [1.29, 1.82) is 0 Å². The number of rotatable bonds is 10. The van der Waals surface area contributed by atoms with Gasteiger partial charge in [-0.2, -0.15) is 11.8 Å². The summed E-state index contributed by atoms with van der Waals surface area (Å²) >= 11 is 1.88. The van der Waals surface area contributed by atoms with Gasteiger partial charge in [0.2, 0.25) is 0 Å². The van der Waals surface area contributed by atoms with E-state index in [1.54, 1.807) is 0 Å². The van der Waals surface area contributed by atoms with Gasteiger partial charge in [-0.3, -0.25) is 0 Å². The van der Waals surface area contributed by atoms with E-state index < -0.39 is 0 Å². The van der Waals surface area contributed by atoms with Crippen LogP contribution in [0.2, 0.25) is 0 Å². The minimum atomic E-state index is -0.0619. The molecule has 0 radical (unpaired) electrons. The van der Waals surface area contributed by atoms with Gasteiger partial charge in [-0.15, -0.1) is 0 Å². The maximum Gasteiger partial charge on any atom is 0.0630 e. The van der Waals surface area contributed by atoms with Crippen molar-refractivity contribution in [1.82, 2.24) is 0 Å². The van der Waals surface area contributed by atoms with Crippen LogP contribution in [0.25, 0.3) is 0 Å². The molecule has 0 aromatic heterocycles. The Balaban J connectivity index is 3.06. The molecule has 0 rings (SSSR count). The highest BCUT2D eigenvalue weighted by molar-refractivity contribution is 7.99. The van der Waals surface area contributed by atoms with Crippen molar-refractivity contribution < 1.29 is 5.11 Å². The maximum atomic E-state index is 9.61. The third-order valence-corrected chi connectivity index (χ3v) is 3.62. The van der Waals surface area contributed by atoms with Crippen LogP contribution in [0.15, 0.2) is 0 Å². The van der Waals surface area contributed by atoms with E-state index in [0.717, 1.165) is 12.2 Å². The van der Waals surface area contributed by atoms with Gasteiger partial charge in [0.25, 0.3) is 0 Å². The molecule has 0 aromatic carbocycles. The third kappa shape index (κ3) is 10.4. The van der Waals surface area contributed by atoms with E-state index in [1.165, 1.54) is 44.3 Å². The van der Waals surface area contributed by atoms with Gasteiger partial charge < -0.3 is 5.11 Å². The molecule has 1 nitrogen and oxygen atoms in total. The van der Waals surface area contributed by atoms with Gasteiger partial charge in [0, 0.05) is 5.75 Å². The Kier molecular flexibility index (Phi) is 11.6. The van der Waals surface area contributed by atoms with Gasteiger partial charge >= 0.3 is 0 Å². The highest BCUT2D eigenvalue weighted by Gasteiger charge is 2.02. The van der Waals surface area contributed by atoms with E-state index >= 15 is 0 Å². The van der Waals surface area contributed by atoms with E-state index in [1.807, 2.05) is 11.8 Å². The molecule has 0 heterocycles. The summed E-state index contributed by atoms with van der Waals surface area (Å²) in [4.78, 5) is 0. The Morgan fingerprint density at radius 2 is 1.71 bits per heavy atom. The minimum absolute atomic E-state index is 0.0619. The van der Waals surface area contributed by atoms with E-state index in [0.29, 0.717) is 0 Å². The first kappa shape index (κ1) is 14.3. The van der Waals surface area contributed by atoms with Crippen molar-refractivity contribution in [2.75, 3.05) is 11.5 Å². The molecule has 86 valence electrons. The summed E-state index contributed by atoms with van der Waals surface area (Å²) in [6.07, 6.45) is 8.64. The van der Waals surface area contributed by atoms with Crippen LogP contribution in [0.5, 0.6) is 0 Å². The molecule has 2 heteroatoms. The average Bonchev–Trinajstić information content (AvgIpc) is 2.18. The van der Waals surface area contributed by atoms with Crippen LogP contribution in [-0.2, 0) is 0 Å². The van der Waals surface area contributed by atoms with Crippen LogP contribution >= 0.6 is 11.8 Å². The molecule has 0 saturated carbocycles. The van der Waals surface area contributed by atoms with Gasteiger partial charge in [0.1, 0.15) is 0 Å². The second-order valence-corrected chi connectivity index (χ2v) is 5.08. The third-order valence-electron chi connectivity index (χ3n) is 2.30. The molecular weight excluding hydrogens is 192 g/mol. The number of unbranched alkanes of at least 4 members (excludes halogenated alkanes) is 4. The van der Waals surface area contributed by atoms with Gasteiger partial charge in [0.15, 0.2) is 0 Å². The molecule has 0 aliphatic carbocycles. The summed E-state index contributed by atoms with van der Waals surface area (Å²) in [5.41, 5.74) is 0. The summed E-state index contributed by atoms with van der Waals surface area (Å²) < 4.78 is 0. The molecule has 0 aliphatic rings. The normalized spacial score (nSPS) is 13.1. The summed E-state index contributed by atoms with van der Waals surface area (Å²) in [7, 11) is 0. The number of aliphatic hydroxyl groups excluding tert-OH is 1. The zero-order valence-electron chi connectivity index (χ0n) is 9.80. The van der Waals surface area contributed by atoms with Crippen LogP contribution in [-0.4, -0.2) is 22.7 Å². The quantitative estimate of drug-likeness (QED) is 0.562. The lowest BCUT2D eigenvalue weighted by Crippen LogP contribution is -2.09. The molecular formula is C12H26OS. The first-order valence-electron chi connectivity index (χ1n) is 6.07. The second-order valence-electron chi connectivity index (χ2n) is 3.93. The first-order valence-corrected chi connectivity index (χ1v) is 7.22. The number of hydrogen-bond donors (Lipinski definition) is 1. The van der Waals surface area contributed by atoms with Crippen LogP contribution in [0.3, 0.4) is 0 Å². The van der Waals surface area contributed by atoms with Crippen molar-refractivity contribution in [2.24, 2.45) is 0 Å². The molecule has 14 heavy (non-hydrogen) atoms. The maximum absolute atomic E-state index is 9.61. The Hall–Kier alpha value is 0.310. The van der Waals surface area contributed by atoms with E-state index in [2.05, 4.69) is 13.8 Å². The summed E-state index contributed by atoms with van der Waals surface area (Å²) in [6.45, 7) is 4.42. The number of hydrogen-bond acceptors (Lipinski definition) is 2. The second kappa shape index (κ2) is 11.4.